The molecule has 2 heteroatoms. The molecule has 0 aliphatic carbocycles. The number of hydrogen-bond donors (Lipinski definition) is 0. The molecule has 0 aliphatic heterocycles. The van der Waals surface area contributed by atoms with Gasteiger partial charge in [-0.25, -0.2) is 9.85 Å². The Balaban J connectivity index is 0.000000451. The van der Waals surface area contributed by atoms with E-state index in [1.807, 2.05) is 20.3 Å². The van der Waals surface area contributed by atoms with Crippen LogP contribution in [0.2, 0.25) is 0 Å². The smallest absolute Gasteiger partial charge is 0.533 e. The Morgan fingerprint density at radius 1 is 0.767 bits per heavy atom. The molecule has 0 saturated carbocycles. The maximum absolute atomic E-state index is 4.53. The standard InChI is InChI=1S/2C12H13.C3H7.CH3Si.Zr/c2*1-3-10-5-4-6-11-7-9(2)8-12(10)11;1-3-2;1-2;/h2*4-8H,3H2,1-2H3;3H,1-2H3;1H,2H2;/q4*-1;+4. The minimum Gasteiger partial charge on any atom is -0.533 e. The van der Waals surface area contributed by atoms with Gasteiger partial charge in [-0.2, -0.15) is 26.0 Å². The van der Waals surface area contributed by atoms with Crippen molar-refractivity contribution in [2.75, 3.05) is 0 Å². The predicted octanol–water partition coefficient (Wildman–Crippen LogP) is 7.02. The van der Waals surface area contributed by atoms with Crippen molar-refractivity contribution in [2.45, 2.75) is 54.4 Å². The van der Waals surface area contributed by atoms with Crippen LogP contribution in [0.4, 0.5) is 0 Å². The Hall–Kier alpha value is -1.37. The Morgan fingerprint density at radius 2 is 1.10 bits per heavy atom. The summed E-state index contributed by atoms with van der Waals surface area (Å²) in [5.41, 5.74) is 5.65. The average molecular weight is 492 g/mol. The first-order chi connectivity index (χ1) is 14.0. The summed E-state index contributed by atoms with van der Waals surface area (Å²) < 4.78 is 0. The fraction of sp³-hybridized carbons (Fsp3) is 0.286. The maximum atomic E-state index is 4.53. The van der Waals surface area contributed by atoms with E-state index in [9.17, 15) is 0 Å². The zero-order valence-electron chi connectivity index (χ0n) is 19.5. The van der Waals surface area contributed by atoms with Crippen LogP contribution in [0.25, 0.3) is 21.5 Å². The molecule has 30 heavy (non-hydrogen) atoms. The van der Waals surface area contributed by atoms with Crippen molar-refractivity contribution in [3.8, 4) is 0 Å². The summed E-state index contributed by atoms with van der Waals surface area (Å²) in [4.78, 5) is 0. The molecular formula is C28H36SiZr. The molecule has 0 saturated heterocycles. The van der Waals surface area contributed by atoms with E-state index < -0.39 is 0 Å². The molecule has 156 valence electrons. The molecule has 0 aromatic heterocycles. The summed E-state index contributed by atoms with van der Waals surface area (Å²) in [6.07, 6.45) is 8.78. The van der Waals surface area contributed by atoms with Crippen LogP contribution in [0.1, 0.15) is 49.9 Å². The number of aryl methyl sites for hydroxylation is 4. The molecule has 4 aromatic carbocycles. The van der Waals surface area contributed by atoms with Crippen molar-refractivity contribution in [3.05, 3.63) is 89.3 Å². The van der Waals surface area contributed by atoms with Crippen LogP contribution in [0, 0.1) is 20.3 Å². The maximum Gasteiger partial charge on any atom is 4.00 e. The average Bonchev–Trinajstić information content (AvgIpc) is 3.30. The van der Waals surface area contributed by atoms with Crippen molar-refractivity contribution in [1.82, 2.24) is 0 Å². The van der Waals surface area contributed by atoms with Gasteiger partial charge in [0.15, 0.2) is 0 Å². The van der Waals surface area contributed by atoms with Gasteiger partial charge in [-0.1, -0.05) is 51.0 Å². The molecule has 0 bridgehead atoms. The Morgan fingerprint density at radius 3 is 1.40 bits per heavy atom. The van der Waals surface area contributed by atoms with Gasteiger partial charge < -0.3 is 12.6 Å². The van der Waals surface area contributed by atoms with E-state index in [1.165, 1.54) is 53.7 Å². The van der Waals surface area contributed by atoms with E-state index in [0.29, 0.717) is 0 Å². The molecule has 0 N–H and O–H groups in total. The number of benzene rings is 2. The molecule has 0 amide bonds. The molecule has 0 nitrogen and oxygen atoms in total. The van der Waals surface area contributed by atoms with Crippen LogP contribution < -0.4 is 0 Å². The van der Waals surface area contributed by atoms with Crippen molar-refractivity contribution in [2.24, 2.45) is 0 Å². The van der Waals surface area contributed by atoms with Crippen molar-refractivity contribution >= 4 is 37.6 Å². The third kappa shape index (κ3) is 8.05. The molecule has 0 aliphatic rings. The van der Waals surface area contributed by atoms with Gasteiger partial charge in [0, 0.05) is 0 Å². The second kappa shape index (κ2) is 15.4. The molecule has 0 spiro atoms. The normalized spacial score (nSPS) is 9.40. The molecule has 0 heterocycles. The third-order valence-electron chi connectivity index (χ3n) is 4.73. The van der Waals surface area contributed by atoms with Crippen LogP contribution in [0.3, 0.4) is 0 Å². The molecule has 0 radical (unpaired) electrons. The molecule has 0 fully saturated rings. The van der Waals surface area contributed by atoms with Crippen LogP contribution >= 0.6 is 0 Å². The van der Waals surface area contributed by atoms with E-state index in [0.717, 1.165) is 12.8 Å². The number of hydrogen-bond acceptors (Lipinski definition) is 0. The molecule has 4 aromatic rings. The van der Waals surface area contributed by atoms with Gasteiger partial charge in [-0.15, -0.1) is 69.1 Å². The summed E-state index contributed by atoms with van der Waals surface area (Å²) >= 11 is 0. The van der Waals surface area contributed by atoms with E-state index in [2.05, 4.69) is 94.5 Å². The quantitative estimate of drug-likeness (QED) is 0.209. The minimum atomic E-state index is 0. The van der Waals surface area contributed by atoms with Gasteiger partial charge >= 0.3 is 26.2 Å². The van der Waals surface area contributed by atoms with Crippen LogP contribution in [0.5, 0.6) is 0 Å². The van der Waals surface area contributed by atoms with Crippen LogP contribution in [-0.4, -0.2) is 16.0 Å². The van der Waals surface area contributed by atoms with Gasteiger partial charge in [0.1, 0.15) is 0 Å². The van der Waals surface area contributed by atoms with Crippen molar-refractivity contribution in [1.29, 1.82) is 0 Å². The van der Waals surface area contributed by atoms with E-state index in [-0.39, 0.29) is 26.2 Å². The largest absolute Gasteiger partial charge is 4.00 e. The van der Waals surface area contributed by atoms with Crippen molar-refractivity contribution in [3.63, 3.8) is 0 Å². The van der Waals surface area contributed by atoms with Gasteiger partial charge in [0.2, 0.25) is 0 Å². The Labute approximate surface area is 206 Å². The van der Waals surface area contributed by atoms with Gasteiger partial charge in [-0.3, -0.25) is 0 Å². The summed E-state index contributed by atoms with van der Waals surface area (Å²) in [6.45, 7) is 12.7. The topological polar surface area (TPSA) is 0 Å². The minimum absolute atomic E-state index is 0. The summed E-state index contributed by atoms with van der Waals surface area (Å²) in [5.74, 6) is 0. The zero-order valence-corrected chi connectivity index (χ0v) is 23.4. The first-order valence-corrected chi connectivity index (χ1v) is 11.3. The number of fused-ring (bicyclic) bond motifs is 2. The van der Waals surface area contributed by atoms with Crippen LogP contribution in [-0.2, 0) is 39.0 Å². The predicted molar refractivity (Wildman–Crippen MR) is 138 cm³/mol. The first-order valence-electron chi connectivity index (χ1n) is 10.5. The van der Waals surface area contributed by atoms with E-state index in [4.69, 9.17) is 0 Å². The van der Waals surface area contributed by atoms with Gasteiger partial charge in [0.25, 0.3) is 0 Å². The third-order valence-corrected chi connectivity index (χ3v) is 4.73. The fourth-order valence-corrected chi connectivity index (χ4v) is 3.52. The fourth-order valence-electron chi connectivity index (χ4n) is 3.52. The van der Waals surface area contributed by atoms with Crippen LogP contribution in [0.15, 0.2) is 60.7 Å². The summed E-state index contributed by atoms with van der Waals surface area (Å²) in [6, 6.07) is 22.1. The first kappa shape index (κ1) is 28.6. The van der Waals surface area contributed by atoms with Gasteiger partial charge in [0.05, 0.1) is 0 Å². The number of rotatable bonds is 2. The molecular weight excluding hydrogens is 456 g/mol. The van der Waals surface area contributed by atoms with E-state index >= 15 is 0 Å². The van der Waals surface area contributed by atoms with Crippen molar-refractivity contribution < 1.29 is 26.2 Å². The second-order valence-electron chi connectivity index (χ2n) is 7.19. The second-order valence-corrected chi connectivity index (χ2v) is 7.19. The monoisotopic (exact) mass is 490 g/mol. The summed E-state index contributed by atoms with van der Waals surface area (Å²) in [5, 5.41) is 5.62. The Bertz CT molecular complexity index is 910. The van der Waals surface area contributed by atoms with Gasteiger partial charge in [-0.05, 0) is 12.8 Å². The molecule has 4 rings (SSSR count). The Kier molecular flexibility index (Phi) is 14.7. The SMILES string of the molecule is CCc1cccc2[cH-]c(C)cc12.CCc1cccc2[cH-]c(C)cc12.C[CH-]C.[CH-]=[SiH2].[Zr+4]. The summed E-state index contributed by atoms with van der Waals surface area (Å²) in [7, 11) is 1.36. The van der Waals surface area contributed by atoms with E-state index in [1.54, 1.807) is 0 Å². The molecule has 0 unspecified atom stereocenters. The molecule has 0 atom stereocenters. The zero-order chi connectivity index (χ0) is 21.8.